The van der Waals surface area contributed by atoms with E-state index in [2.05, 4.69) is 10.4 Å². The molecule has 0 spiro atoms. The highest BCUT2D eigenvalue weighted by atomic mass is 16.5. The fourth-order valence-corrected chi connectivity index (χ4v) is 3.21. The summed E-state index contributed by atoms with van der Waals surface area (Å²) in [4.78, 5) is 37.5. The maximum Gasteiger partial charge on any atom is 0.241 e. The molecule has 9 heteroatoms. The van der Waals surface area contributed by atoms with Crippen LogP contribution in [0.25, 0.3) is 5.69 Å². The molecule has 9 nitrogen and oxygen atoms in total. The number of hydrogen-bond donors (Lipinski definition) is 2. The second kappa shape index (κ2) is 8.12. The lowest BCUT2D eigenvalue weighted by Crippen LogP contribution is -2.38. The maximum absolute atomic E-state index is 12.9. The van der Waals surface area contributed by atoms with Crippen LogP contribution in [0.1, 0.15) is 23.7 Å². The van der Waals surface area contributed by atoms with E-state index in [-0.39, 0.29) is 35.9 Å². The SMILES string of the molecule is COc1ccc(-n2ncc(C(=O)[C@H]3CCN(C(=O)CNC(C)=O)C3)c2N)cc1. The molecule has 148 valence electrons. The molecule has 2 heterocycles. The molecule has 1 saturated heterocycles. The van der Waals surface area contributed by atoms with Crippen molar-refractivity contribution in [2.75, 3.05) is 32.5 Å². The minimum Gasteiger partial charge on any atom is -0.497 e. The molecule has 0 unspecified atom stereocenters. The van der Waals surface area contributed by atoms with Crippen LogP contribution >= 0.6 is 0 Å². The number of nitrogen functional groups attached to an aromatic ring is 1. The molecule has 1 aromatic heterocycles. The van der Waals surface area contributed by atoms with Crippen LogP contribution in [0, 0.1) is 5.92 Å². The molecule has 1 aliphatic heterocycles. The van der Waals surface area contributed by atoms with Gasteiger partial charge in [0.15, 0.2) is 5.78 Å². The van der Waals surface area contributed by atoms with Gasteiger partial charge in [-0.25, -0.2) is 4.68 Å². The van der Waals surface area contributed by atoms with Gasteiger partial charge in [-0.05, 0) is 30.7 Å². The fraction of sp³-hybridized carbons (Fsp3) is 0.368. The van der Waals surface area contributed by atoms with Gasteiger partial charge in [0.25, 0.3) is 0 Å². The van der Waals surface area contributed by atoms with Crippen molar-refractivity contribution in [1.82, 2.24) is 20.0 Å². The van der Waals surface area contributed by atoms with Crippen molar-refractivity contribution in [1.29, 1.82) is 0 Å². The summed E-state index contributed by atoms with van der Waals surface area (Å²) in [6, 6.07) is 7.17. The van der Waals surface area contributed by atoms with Gasteiger partial charge >= 0.3 is 0 Å². The Labute approximate surface area is 162 Å². The number of methoxy groups -OCH3 is 1. The predicted molar refractivity (Wildman–Crippen MR) is 102 cm³/mol. The zero-order valence-electron chi connectivity index (χ0n) is 15.8. The number of nitrogens with zero attached hydrogens (tertiary/aromatic N) is 3. The zero-order valence-corrected chi connectivity index (χ0v) is 15.8. The van der Waals surface area contributed by atoms with Crippen molar-refractivity contribution in [3.8, 4) is 11.4 Å². The van der Waals surface area contributed by atoms with Crippen molar-refractivity contribution in [3.05, 3.63) is 36.0 Å². The lowest BCUT2D eigenvalue weighted by Gasteiger charge is -2.16. The monoisotopic (exact) mass is 385 g/mol. The second-order valence-corrected chi connectivity index (χ2v) is 6.65. The highest BCUT2D eigenvalue weighted by Crippen LogP contribution is 2.26. The van der Waals surface area contributed by atoms with E-state index >= 15 is 0 Å². The average molecular weight is 385 g/mol. The molecule has 0 aliphatic carbocycles. The summed E-state index contributed by atoms with van der Waals surface area (Å²) >= 11 is 0. The molecule has 0 radical (unpaired) electrons. The number of amides is 2. The molecule has 0 saturated carbocycles. The number of carbonyl (C=O) groups is 3. The zero-order chi connectivity index (χ0) is 20.3. The Morgan fingerprint density at radius 3 is 2.64 bits per heavy atom. The molecule has 3 rings (SSSR count). The standard InChI is InChI=1S/C19H23N5O4/c1-12(25)21-10-17(26)23-8-7-13(11-23)18(27)16-9-22-24(19(16)20)14-3-5-15(28-2)6-4-14/h3-6,9,13H,7-8,10-11,20H2,1-2H3,(H,21,25)/t13-/m0/s1. The molecule has 1 aliphatic rings. The van der Waals surface area contributed by atoms with E-state index in [9.17, 15) is 14.4 Å². The van der Waals surface area contributed by atoms with Crippen molar-refractivity contribution in [3.63, 3.8) is 0 Å². The third kappa shape index (κ3) is 3.98. The summed E-state index contributed by atoms with van der Waals surface area (Å²) in [5.74, 6) is 0.0365. The summed E-state index contributed by atoms with van der Waals surface area (Å²) in [7, 11) is 1.58. The van der Waals surface area contributed by atoms with Gasteiger partial charge in [0.1, 0.15) is 11.6 Å². The topological polar surface area (TPSA) is 120 Å². The first kappa shape index (κ1) is 19.4. The van der Waals surface area contributed by atoms with E-state index in [0.717, 1.165) is 5.69 Å². The number of ether oxygens (including phenoxy) is 1. The Morgan fingerprint density at radius 2 is 2.00 bits per heavy atom. The van der Waals surface area contributed by atoms with E-state index in [1.54, 1.807) is 36.3 Å². The second-order valence-electron chi connectivity index (χ2n) is 6.65. The molecule has 2 aromatic rings. The van der Waals surface area contributed by atoms with Crippen LogP contribution < -0.4 is 15.8 Å². The summed E-state index contributed by atoms with van der Waals surface area (Å²) in [5.41, 5.74) is 7.23. The number of ketones is 1. The van der Waals surface area contributed by atoms with Crippen molar-refractivity contribution >= 4 is 23.4 Å². The van der Waals surface area contributed by atoms with Gasteiger partial charge in [-0.15, -0.1) is 0 Å². The smallest absolute Gasteiger partial charge is 0.241 e. The van der Waals surface area contributed by atoms with Crippen LogP contribution in [0.3, 0.4) is 0 Å². The molecular formula is C19H23N5O4. The minimum absolute atomic E-state index is 0.0617. The van der Waals surface area contributed by atoms with Crippen LogP contribution in [0.5, 0.6) is 5.75 Å². The number of Topliss-reactive ketones (excluding diaryl/α,β-unsaturated/α-hetero) is 1. The number of benzene rings is 1. The van der Waals surface area contributed by atoms with E-state index in [0.29, 0.717) is 30.8 Å². The number of likely N-dealkylation sites (tertiary alicyclic amines) is 1. The summed E-state index contributed by atoms with van der Waals surface area (Å²) in [6.07, 6.45) is 2.02. The number of nitrogens with two attached hydrogens (primary N) is 1. The molecular weight excluding hydrogens is 362 g/mol. The summed E-state index contributed by atoms with van der Waals surface area (Å²) in [6.45, 7) is 2.08. The molecule has 3 N–H and O–H groups in total. The van der Waals surface area contributed by atoms with Crippen LogP contribution in [0.15, 0.2) is 30.5 Å². The number of carbonyl (C=O) groups excluding carboxylic acids is 3. The number of aromatic nitrogens is 2. The third-order valence-corrected chi connectivity index (χ3v) is 4.79. The Balaban J connectivity index is 1.69. The van der Waals surface area contributed by atoms with Crippen LogP contribution in [0.4, 0.5) is 5.82 Å². The van der Waals surface area contributed by atoms with Crippen LogP contribution in [-0.2, 0) is 9.59 Å². The van der Waals surface area contributed by atoms with Gasteiger partial charge in [-0.2, -0.15) is 5.10 Å². The Kier molecular flexibility index (Phi) is 5.62. The third-order valence-electron chi connectivity index (χ3n) is 4.79. The van der Waals surface area contributed by atoms with E-state index < -0.39 is 0 Å². The fourth-order valence-electron chi connectivity index (χ4n) is 3.21. The summed E-state index contributed by atoms with van der Waals surface area (Å²) in [5, 5.41) is 6.72. The van der Waals surface area contributed by atoms with Gasteiger partial charge < -0.3 is 20.7 Å². The maximum atomic E-state index is 12.9. The Hall–Kier alpha value is -3.36. The normalized spacial score (nSPS) is 16.1. The van der Waals surface area contributed by atoms with Gasteiger partial charge in [0.05, 0.1) is 31.1 Å². The van der Waals surface area contributed by atoms with Gasteiger partial charge in [0, 0.05) is 25.9 Å². The number of hydrogen-bond acceptors (Lipinski definition) is 6. The molecule has 1 aromatic carbocycles. The largest absolute Gasteiger partial charge is 0.497 e. The van der Waals surface area contributed by atoms with Crippen LogP contribution in [-0.4, -0.2) is 59.0 Å². The first-order valence-electron chi connectivity index (χ1n) is 8.95. The first-order chi connectivity index (χ1) is 13.4. The highest BCUT2D eigenvalue weighted by Gasteiger charge is 2.33. The van der Waals surface area contributed by atoms with E-state index in [1.807, 2.05) is 0 Å². The molecule has 1 atom stereocenters. The van der Waals surface area contributed by atoms with Crippen molar-refractivity contribution < 1.29 is 19.1 Å². The van der Waals surface area contributed by atoms with Crippen molar-refractivity contribution in [2.45, 2.75) is 13.3 Å². The molecule has 0 bridgehead atoms. The number of nitrogens with one attached hydrogen (secondary N) is 1. The molecule has 28 heavy (non-hydrogen) atoms. The van der Waals surface area contributed by atoms with Crippen LogP contribution in [0.2, 0.25) is 0 Å². The lowest BCUT2D eigenvalue weighted by molar-refractivity contribution is -0.131. The minimum atomic E-state index is -0.336. The van der Waals surface area contributed by atoms with Crippen molar-refractivity contribution in [2.24, 2.45) is 5.92 Å². The highest BCUT2D eigenvalue weighted by molar-refractivity contribution is 6.02. The molecule has 1 fully saturated rings. The van der Waals surface area contributed by atoms with Gasteiger partial charge in [-0.1, -0.05) is 0 Å². The summed E-state index contributed by atoms with van der Waals surface area (Å²) < 4.78 is 6.64. The molecule has 2 amide bonds. The van der Waals surface area contributed by atoms with E-state index in [4.69, 9.17) is 10.5 Å². The predicted octanol–water partition coefficient (Wildman–Crippen LogP) is 0.630. The van der Waals surface area contributed by atoms with Gasteiger partial charge in [0.2, 0.25) is 11.8 Å². The Morgan fingerprint density at radius 1 is 1.29 bits per heavy atom. The first-order valence-corrected chi connectivity index (χ1v) is 8.95. The Bertz CT molecular complexity index is 890. The number of rotatable bonds is 6. The number of anilines is 1. The van der Waals surface area contributed by atoms with E-state index in [1.165, 1.54) is 17.8 Å². The quantitative estimate of drug-likeness (QED) is 0.704. The average Bonchev–Trinajstić information content (AvgIpc) is 3.33. The lowest BCUT2D eigenvalue weighted by atomic mass is 9.98. The van der Waals surface area contributed by atoms with Gasteiger partial charge in [-0.3, -0.25) is 14.4 Å².